The topological polar surface area (TPSA) is 86.2 Å². The Morgan fingerprint density at radius 2 is 1.65 bits per heavy atom. The molecule has 0 saturated heterocycles. The van der Waals surface area contributed by atoms with Gasteiger partial charge in [-0.2, -0.15) is 0 Å². The number of benzene rings is 1. The second-order valence-electron chi connectivity index (χ2n) is 6.63. The van der Waals surface area contributed by atoms with E-state index in [0.29, 0.717) is 36.1 Å². The quantitative estimate of drug-likeness (QED) is 0.465. The first-order chi connectivity index (χ1) is 15.3. The maximum atomic E-state index is 12.8. The van der Waals surface area contributed by atoms with Crippen molar-refractivity contribution in [3.05, 3.63) is 108 Å². The van der Waals surface area contributed by atoms with Gasteiger partial charge >= 0.3 is 0 Å². The van der Waals surface area contributed by atoms with Crippen LogP contribution in [-0.2, 0) is 13.2 Å². The molecule has 0 fully saturated rings. The number of rotatable bonds is 8. The highest BCUT2D eigenvalue weighted by atomic mass is 16.5. The largest absolute Gasteiger partial charge is 0.489 e. The molecule has 3 heterocycles. The molecule has 0 atom stereocenters. The predicted octanol–water partition coefficient (Wildman–Crippen LogP) is 4.28. The van der Waals surface area contributed by atoms with Crippen molar-refractivity contribution in [3.63, 3.8) is 0 Å². The van der Waals surface area contributed by atoms with Gasteiger partial charge in [-0.1, -0.05) is 12.1 Å². The Hall–Kier alpha value is -4.26. The number of hydrogen-bond donors (Lipinski definition) is 1. The highest BCUT2D eigenvalue weighted by Gasteiger charge is 2.12. The summed E-state index contributed by atoms with van der Waals surface area (Å²) in [5.74, 6) is 1.12. The van der Waals surface area contributed by atoms with Crippen molar-refractivity contribution in [2.24, 2.45) is 0 Å². The molecule has 1 N–H and O–H groups in total. The summed E-state index contributed by atoms with van der Waals surface area (Å²) in [4.78, 5) is 25.1. The average Bonchev–Trinajstić information content (AvgIpc) is 2.84. The van der Waals surface area contributed by atoms with Crippen molar-refractivity contribution >= 4 is 11.7 Å². The minimum absolute atomic E-state index is 0.306. The zero-order valence-electron chi connectivity index (χ0n) is 16.6. The summed E-state index contributed by atoms with van der Waals surface area (Å²) in [5, 5.41) is 2.81. The monoisotopic (exact) mass is 412 g/mol. The van der Waals surface area contributed by atoms with E-state index in [1.165, 1.54) is 0 Å². The van der Waals surface area contributed by atoms with Gasteiger partial charge in [0.25, 0.3) is 5.91 Å². The number of nitrogens with one attached hydrogen (secondary N) is 1. The minimum Gasteiger partial charge on any atom is -0.489 e. The maximum Gasteiger partial charge on any atom is 0.257 e. The molecule has 1 amide bonds. The van der Waals surface area contributed by atoms with E-state index in [4.69, 9.17) is 9.47 Å². The van der Waals surface area contributed by atoms with E-state index < -0.39 is 0 Å². The third-order valence-corrected chi connectivity index (χ3v) is 4.37. The van der Waals surface area contributed by atoms with Gasteiger partial charge in [-0.15, -0.1) is 0 Å². The Kier molecular flexibility index (Phi) is 6.45. The summed E-state index contributed by atoms with van der Waals surface area (Å²) in [7, 11) is 0. The number of nitrogens with zero attached hydrogens (tertiary/aromatic N) is 3. The van der Waals surface area contributed by atoms with Crippen LogP contribution in [0.1, 0.15) is 21.5 Å². The van der Waals surface area contributed by atoms with E-state index in [2.05, 4.69) is 20.3 Å². The fraction of sp³-hybridized carbons (Fsp3) is 0.0833. The minimum atomic E-state index is -0.306. The summed E-state index contributed by atoms with van der Waals surface area (Å²) >= 11 is 0. The molecule has 0 unspecified atom stereocenters. The molecule has 154 valence electrons. The zero-order chi connectivity index (χ0) is 21.3. The fourth-order valence-electron chi connectivity index (χ4n) is 2.80. The number of ether oxygens (including phenoxy) is 2. The number of anilines is 1. The van der Waals surface area contributed by atoms with Crippen molar-refractivity contribution in [3.8, 4) is 11.5 Å². The summed E-state index contributed by atoms with van der Waals surface area (Å²) < 4.78 is 11.6. The third-order valence-electron chi connectivity index (χ3n) is 4.37. The number of hydrogen-bond acceptors (Lipinski definition) is 6. The second-order valence-corrected chi connectivity index (χ2v) is 6.63. The first-order valence-electron chi connectivity index (χ1n) is 9.68. The Bertz CT molecular complexity index is 1140. The molecule has 0 spiro atoms. The molecule has 4 rings (SSSR count). The summed E-state index contributed by atoms with van der Waals surface area (Å²) in [6.45, 7) is 0.709. The van der Waals surface area contributed by atoms with Crippen LogP contribution < -0.4 is 14.8 Å². The van der Waals surface area contributed by atoms with E-state index in [1.807, 2.05) is 24.3 Å². The summed E-state index contributed by atoms with van der Waals surface area (Å²) in [5.41, 5.74) is 2.37. The molecule has 0 radical (unpaired) electrons. The number of amides is 1. The number of carbonyl (C=O) groups is 1. The van der Waals surface area contributed by atoms with E-state index in [0.717, 1.165) is 11.1 Å². The zero-order valence-corrected chi connectivity index (χ0v) is 16.6. The van der Waals surface area contributed by atoms with Crippen LogP contribution in [0.5, 0.6) is 11.5 Å². The van der Waals surface area contributed by atoms with Gasteiger partial charge in [0, 0.05) is 42.1 Å². The first kappa shape index (κ1) is 20.0. The maximum absolute atomic E-state index is 12.8. The molecule has 0 bridgehead atoms. The van der Waals surface area contributed by atoms with E-state index in [9.17, 15) is 4.79 Å². The molecule has 4 aromatic rings. The van der Waals surface area contributed by atoms with Crippen LogP contribution >= 0.6 is 0 Å². The van der Waals surface area contributed by atoms with E-state index in [-0.39, 0.29) is 5.91 Å². The van der Waals surface area contributed by atoms with Crippen LogP contribution in [0.25, 0.3) is 0 Å². The molecular formula is C24H20N4O3. The molecule has 0 aliphatic carbocycles. The predicted molar refractivity (Wildman–Crippen MR) is 116 cm³/mol. The standard InChI is InChI=1S/C24H20N4O3/c29-24(20-5-1-6-21(14-20)30-17-19-4-2-10-26-15-19)28-23-22(7-3-11-27-23)31-16-18-8-12-25-13-9-18/h1-15H,16-17H2,(H,27,28,29). The van der Waals surface area contributed by atoms with Gasteiger partial charge in [0.15, 0.2) is 11.6 Å². The van der Waals surface area contributed by atoms with Crippen molar-refractivity contribution in [2.45, 2.75) is 13.2 Å². The molecule has 31 heavy (non-hydrogen) atoms. The Morgan fingerprint density at radius 1 is 0.806 bits per heavy atom. The lowest BCUT2D eigenvalue weighted by molar-refractivity contribution is 0.102. The molecule has 0 aliphatic rings. The van der Waals surface area contributed by atoms with E-state index in [1.54, 1.807) is 67.4 Å². The van der Waals surface area contributed by atoms with Crippen molar-refractivity contribution in [1.29, 1.82) is 0 Å². The molecule has 7 nitrogen and oxygen atoms in total. The number of pyridine rings is 3. The van der Waals surface area contributed by atoms with Crippen molar-refractivity contribution in [2.75, 3.05) is 5.32 Å². The lowest BCUT2D eigenvalue weighted by atomic mass is 10.2. The Morgan fingerprint density at radius 3 is 2.48 bits per heavy atom. The third kappa shape index (κ3) is 5.63. The molecule has 0 saturated carbocycles. The first-order valence-corrected chi connectivity index (χ1v) is 9.68. The lowest BCUT2D eigenvalue weighted by Crippen LogP contribution is -2.14. The molecule has 0 aliphatic heterocycles. The molecule has 7 heteroatoms. The van der Waals surface area contributed by atoms with Crippen LogP contribution in [0.4, 0.5) is 5.82 Å². The molecule has 3 aromatic heterocycles. The van der Waals surface area contributed by atoms with Gasteiger partial charge in [0.05, 0.1) is 0 Å². The smallest absolute Gasteiger partial charge is 0.257 e. The fourth-order valence-corrected chi connectivity index (χ4v) is 2.80. The SMILES string of the molecule is O=C(Nc1ncccc1OCc1ccncc1)c1cccc(OCc2cccnc2)c1. The summed E-state index contributed by atoms with van der Waals surface area (Å²) in [6.07, 6.45) is 8.45. The van der Waals surface area contributed by atoms with Gasteiger partial charge in [-0.3, -0.25) is 14.8 Å². The lowest BCUT2D eigenvalue weighted by Gasteiger charge is -2.12. The Labute approximate surface area is 179 Å². The Balaban J connectivity index is 1.41. The van der Waals surface area contributed by atoms with Gasteiger partial charge in [0.1, 0.15) is 19.0 Å². The van der Waals surface area contributed by atoms with Crippen molar-refractivity contribution < 1.29 is 14.3 Å². The van der Waals surface area contributed by atoms with Crippen LogP contribution in [0, 0.1) is 0 Å². The summed E-state index contributed by atoms with van der Waals surface area (Å²) in [6, 6.07) is 18.0. The molecular weight excluding hydrogens is 392 g/mol. The van der Waals surface area contributed by atoms with Crippen LogP contribution in [0.2, 0.25) is 0 Å². The van der Waals surface area contributed by atoms with Crippen LogP contribution in [-0.4, -0.2) is 20.9 Å². The number of carbonyl (C=O) groups excluding carboxylic acids is 1. The van der Waals surface area contributed by atoms with Crippen LogP contribution in [0.15, 0.2) is 91.6 Å². The highest BCUT2D eigenvalue weighted by molar-refractivity contribution is 6.04. The average molecular weight is 412 g/mol. The van der Waals surface area contributed by atoms with Gasteiger partial charge in [-0.05, 0) is 54.1 Å². The van der Waals surface area contributed by atoms with Gasteiger partial charge in [-0.25, -0.2) is 4.98 Å². The van der Waals surface area contributed by atoms with E-state index >= 15 is 0 Å². The highest BCUT2D eigenvalue weighted by Crippen LogP contribution is 2.23. The van der Waals surface area contributed by atoms with Crippen molar-refractivity contribution in [1.82, 2.24) is 15.0 Å². The molecule has 1 aromatic carbocycles. The normalized spacial score (nSPS) is 10.3. The number of aromatic nitrogens is 3. The van der Waals surface area contributed by atoms with Gasteiger partial charge in [0.2, 0.25) is 0 Å². The second kappa shape index (κ2) is 9.98. The van der Waals surface area contributed by atoms with Gasteiger partial charge < -0.3 is 14.8 Å². The van der Waals surface area contributed by atoms with Crippen LogP contribution in [0.3, 0.4) is 0 Å².